The van der Waals surface area contributed by atoms with Gasteiger partial charge in [-0.1, -0.05) is 6.07 Å². The summed E-state index contributed by atoms with van der Waals surface area (Å²) in [5, 5.41) is 13.5. The van der Waals surface area contributed by atoms with E-state index in [4.69, 9.17) is 4.74 Å². The van der Waals surface area contributed by atoms with E-state index in [2.05, 4.69) is 5.32 Å². The zero-order chi connectivity index (χ0) is 21.0. The molecule has 29 heavy (non-hydrogen) atoms. The molecule has 1 aliphatic rings. The summed E-state index contributed by atoms with van der Waals surface area (Å²) in [6.45, 7) is 2.56. The number of anilines is 1. The van der Waals surface area contributed by atoms with Crippen LogP contribution >= 0.6 is 0 Å². The minimum Gasteiger partial charge on any atom is -0.481 e. The highest BCUT2D eigenvalue weighted by Crippen LogP contribution is 2.23. The topological polar surface area (TPSA) is 119 Å². The van der Waals surface area contributed by atoms with E-state index in [0.29, 0.717) is 18.8 Å². The first kappa shape index (κ1) is 20.7. The maximum atomic E-state index is 12.5. The molecule has 0 unspecified atom stereocenters. The van der Waals surface area contributed by atoms with Gasteiger partial charge in [-0.3, -0.25) is 14.9 Å². The molecule has 1 aliphatic heterocycles. The summed E-state index contributed by atoms with van der Waals surface area (Å²) in [5.74, 6) is -0.263. The largest absolute Gasteiger partial charge is 0.481 e. The van der Waals surface area contributed by atoms with Crippen LogP contribution < -0.4 is 10.1 Å². The number of ether oxygens (including phenoxy) is 1. The maximum absolute atomic E-state index is 12.5. The molecule has 0 aliphatic carbocycles. The van der Waals surface area contributed by atoms with Crippen molar-refractivity contribution in [1.82, 2.24) is 4.31 Å². The lowest BCUT2D eigenvalue weighted by atomic mass is 10.3. The summed E-state index contributed by atoms with van der Waals surface area (Å²) >= 11 is 0. The Kier molecular flexibility index (Phi) is 6.14. The van der Waals surface area contributed by atoms with Gasteiger partial charge >= 0.3 is 0 Å². The summed E-state index contributed by atoms with van der Waals surface area (Å²) in [7, 11) is -3.51. The number of nitrogens with one attached hydrogen (secondary N) is 1. The normalized spacial score (nSPS) is 15.6. The number of nitrogens with zero attached hydrogens (tertiary/aromatic N) is 2. The van der Waals surface area contributed by atoms with Crippen LogP contribution in [0.3, 0.4) is 0 Å². The highest BCUT2D eigenvalue weighted by molar-refractivity contribution is 7.89. The number of nitro benzene ring substituents is 1. The molecule has 0 spiro atoms. The van der Waals surface area contributed by atoms with Crippen molar-refractivity contribution in [3.63, 3.8) is 0 Å². The molecule has 1 amide bonds. The lowest BCUT2D eigenvalue weighted by Crippen LogP contribution is -2.30. The van der Waals surface area contributed by atoms with E-state index in [1.165, 1.54) is 59.8 Å². The minimum atomic E-state index is -3.51. The van der Waals surface area contributed by atoms with Crippen LogP contribution in [0, 0.1) is 10.1 Å². The molecular formula is C19H21N3O6S. The highest BCUT2D eigenvalue weighted by Gasteiger charge is 2.27. The average Bonchev–Trinajstić information content (AvgIpc) is 3.24. The second kappa shape index (κ2) is 8.58. The predicted octanol–water partition coefficient (Wildman–Crippen LogP) is 2.79. The number of rotatable bonds is 7. The van der Waals surface area contributed by atoms with Gasteiger partial charge in [0.1, 0.15) is 5.75 Å². The van der Waals surface area contributed by atoms with Gasteiger partial charge < -0.3 is 10.1 Å². The van der Waals surface area contributed by atoms with Gasteiger partial charge in [-0.25, -0.2) is 8.42 Å². The molecule has 3 rings (SSSR count). The molecule has 154 valence electrons. The van der Waals surface area contributed by atoms with Gasteiger partial charge in [0.15, 0.2) is 6.10 Å². The van der Waals surface area contributed by atoms with E-state index < -0.39 is 27.0 Å². The molecule has 0 saturated carbocycles. The Bertz CT molecular complexity index is 1000. The number of non-ortho nitro benzene ring substituents is 1. The Morgan fingerprint density at radius 2 is 1.83 bits per heavy atom. The minimum absolute atomic E-state index is 0.134. The van der Waals surface area contributed by atoms with E-state index in [9.17, 15) is 23.3 Å². The third kappa shape index (κ3) is 4.90. The molecule has 0 aromatic heterocycles. The van der Waals surface area contributed by atoms with Gasteiger partial charge in [0, 0.05) is 24.8 Å². The number of amides is 1. The van der Waals surface area contributed by atoms with Crippen LogP contribution in [0.1, 0.15) is 19.8 Å². The van der Waals surface area contributed by atoms with Crippen LogP contribution in [0.15, 0.2) is 53.4 Å². The Labute approximate surface area is 168 Å². The molecular weight excluding hydrogens is 398 g/mol. The van der Waals surface area contributed by atoms with E-state index in [1.807, 2.05) is 0 Å². The number of benzene rings is 2. The van der Waals surface area contributed by atoms with Gasteiger partial charge in [-0.15, -0.1) is 0 Å². The first-order chi connectivity index (χ1) is 13.8. The average molecular weight is 419 g/mol. The van der Waals surface area contributed by atoms with Crippen molar-refractivity contribution in [3.05, 3.63) is 58.6 Å². The standard InChI is InChI=1S/C19H21N3O6S/c1-14(28-17-6-4-5-16(13-17)22(24)25)19(23)20-15-7-9-18(10-8-15)29(26,27)21-11-2-3-12-21/h4-10,13-14H,2-3,11-12H2,1H3,(H,20,23)/t14-/m1/s1. The number of hydrogen-bond donors (Lipinski definition) is 1. The molecule has 1 heterocycles. The van der Waals surface area contributed by atoms with Crippen molar-refractivity contribution < 1.29 is 22.9 Å². The fraction of sp³-hybridized carbons (Fsp3) is 0.316. The van der Waals surface area contributed by atoms with Gasteiger partial charge in [0.25, 0.3) is 11.6 Å². The third-order valence-corrected chi connectivity index (χ3v) is 6.45. The van der Waals surface area contributed by atoms with Crippen LogP contribution in [0.25, 0.3) is 0 Å². The third-order valence-electron chi connectivity index (χ3n) is 4.54. The Balaban J connectivity index is 1.63. The van der Waals surface area contributed by atoms with Crippen LogP contribution in [0.4, 0.5) is 11.4 Å². The molecule has 9 nitrogen and oxygen atoms in total. The van der Waals surface area contributed by atoms with Crippen molar-refractivity contribution in [2.75, 3.05) is 18.4 Å². The zero-order valence-corrected chi connectivity index (χ0v) is 16.6. The Morgan fingerprint density at radius 3 is 2.45 bits per heavy atom. The fourth-order valence-corrected chi connectivity index (χ4v) is 4.48. The molecule has 1 fully saturated rings. The smallest absolute Gasteiger partial charge is 0.273 e. The fourth-order valence-electron chi connectivity index (χ4n) is 2.96. The molecule has 0 radical (unpaired) electrons. The predicted molar refractivity (Wildman–Crippen MR) is 106 cm³/mol. The monoisotopic (exact) mass is 419 g/mol. The van der Waals surface area contributed by atoms with E-state index >= 15 is 0 Å². The molecule has 2 aromatic carbocycles. The van der Waals surface area contributed by atoms with Crippen molar-refractivity contribution in [2.45, 2.75) is 30.8 Å². The molecule has 1 saturated heterocycles. The van der Waals surface area contributed by atoms with E-state index in [1.54, 1.807) is 0 Å². The summed E-state index contributed by atoms with van der Waals surface area (Å²) in [5.41, 5.74) is 0.287. The molecule has 0 bridgehead atoms. The maximum Gasteiger partial charge on any atom is 0.273 e. The van der Waals surface area contributed by atoms with Crippen LogP contribution in [-0.4, -0.2) is 42.7 Å². The first-order valence-electron chi connectivity index (χ1n) is 9.09. The Hall–Kier alpha value is -2.98. The SMILES string of the molecule is C[C@@H](Oc1cccc([N+](=O)[O-])c1)C(=O)Nc1ccc(S(=O)(=O)N2CCCC2)cc1. The van der Waals surface area contributed by atoms with E-state index in [0.717, 1.165) is 12.8 Å². The second-order valence-corrected chi connectivity index (χ2v) is 8.58. The Morgan fingerprint density at radius 1 is 1.17 bits per heavy atom. The van der Waals surface area contributed by atoms with E-state index in [-0.39, 0.29) is 16.3 Å². The summed E-state index contributed by atoms with van der Waals surface area (Å²) in [6.07, 6.45) is 0.802. The number of nitro groups is 1. The first-order valence-corrected chi connectivity index (χ1v) is 10.5. The highest BCUT2D eigenvalue weighted by atomic mass is 32.2. The summed E-state index contributed by atoms with van der Waals surface area (Å²) in [4.78, 5) is 22.8. The van der Waals surface area contributed by atoms with Gasteiger partial charge in [-0.2, -0.15) is 4.31 Å². The van der Waals surface area contributed by atoms with Gasteiger partial charge in [0.05, 0.1) is 15.9 Å². The summed E-state index contributed by atoms with van der Waals surface area (Å²) in [6, 6.07) is 11.5. The van der Waals surface area contributed by atoms with Crippen LogP contribution in [-0.2, 0) is 14.8 Å². The number of carbonyl (C=O) groups is 1. The number of carbonyl (C=O) groups excluding carboxylic acids is 1. The van der Waals surface area contributed by atoms with Gasteiger partial charge in [-0.05, 0) is 50.1 Å². The zero-order valence-electron chi connectivity index (χ0n) is 15.8. The summed E-state index contributed by atoms with van der Waals surface area (Å²) < 4.78 is 32.0. The van der Waals surface area contributed by atoms with Crippen molar-refractivity contribution in [2.24, 2.45) is 0 Å². The number of hydrogen-bond acceptors (Lipinski definition) is 6. The van der Waals surface area contributed by atoms with Crippen molar-refractivity contribution >= 4 is 27.3 Å². The number of sulfonamides is 1. The van der Waals surface area contributed by atoms with Crippen LogP contribution in [0.5, 0.6) is 5.75 Å². The van der Waals surface area contributed by atoms with Crippen molar-refractivity contribution in [1.29, 1.82) is 0 Å². The van der Waals surface area contributed by atoms with Crippen LogP contribution in [0.2, 0.25) is 0 Å². The quantitative estimate of drug-likeness (QED) is 0.544. The lowest BCUT2D eigenvalue weighted by molar-refractivity contribution is -0.384. The molecule has 2 aromatic rings. The molecule has 10 heteroatoms. The second-order valence-electron chi connectivity index (χ2n) is 6.64. The van der Waals surface area contributed by atoms with Crippen molar-refractivity contribution in [3.8, 4) is 5.75 Å². The molecule has 1 N–H and O–H groups in total. The molecule has 1 atom stereocenters. The van der Waals surface area contributed by atoms with Gasteiger partial charge in [0.2, 0.25) is 10.0 Å². The lowest BCUT2D eigenvalue weighted by Gasteiger charge is -2.16.